The van der Waals surface area contributed by atoms with Gasteiger partial charge in [-0.25, -0.2) is 0 Å². The third kappa shape index (κ3) is 3.10. The van der Waals surface area contributed by atoms with E-state index in [2.05, 4.69) is 6.08 Å². The third-order valence-corrected chi connectivity index (χ3v) is 4.26. The number of rotatable bonds is 3. The van der Waals surface area contributed by atoms with Crippen LogP contribution in [-0.2, 0) is 11.2 Å². The monoisotopic (exact) mass is 294 g/mol. The first-order valence-corrected chi connectivity index (χ1v) is 7.10. The number of hydrogen-bond donors (Lipinski definition) is 0. The zero-order chi connectivity index (χ0) is 14.0. The maximum absolute atomic E-state index is 11.7. The molecule has 1 aliphatic carbocycles. The molecule has 0 amide bonds. The van der Waals surface area contributed by atoms with Crippen molar-refractivity contribution < 1.29 is 4.79 Å². The van der Waals surface area contributed by atoms with Gasteiger partial charge in [-0.05, 0) is 49.5 Å². The summed E-state index contributed by atoms with van der Waals surface area (Å²) in [4.78, 5) is 11.7. The molecule has 0 unspecified atom stereocenters. The average Bonchev–Trinajstić information content (AvgIpc) is 2.39. The SMILES string of the molecule is CC(=O)C1=CCCC=C1Cc1c(Cl)ccc(C)c1Cl. The molecule has 0 aromatic heterocycles. The van der Waals surface area contributed by atoms with Gasteiger partial charge in [0.15, 0.2) is 5.78 Å². The second kappa shape index (κ2) is 5.94. The largest absolute Gasteiger partial charge is 0.295 e. The lowest BCUT2D eigenvalue weighted by atomic mass is 9.90. The Morgan fingerprint density at radius 1 is 1.21 bits per heavy atom. The maximum Gasteiger partial charge on any atom is 0.159 e. The fraction of sp³-hybridized carbons (Fsp3) is 0.312. The Kier molecular flexibility index (Phi) is 4.49. The zero-order valence-electron chi connectivity index (χ0n) is 11.1. The van der Waals surface area contributed by atoms with E-state index in [1.807, 2.05) is 25.1 Å². The van der Waals surface area contributed by atoms with Gasteiger partial charge in [-0.1, -0.05) is 41.4 Å². The van der Waals surface area contributed by atoms with Crippen LogP contribution in [0.3, 0.4) is 0 Å². The van der Waals surface area contributed by atoms with Crippen LogP contribution in [-0.4, -0.2) is 5.78 Å². The molecular formula is C16H16Cl2O. The van der Waals surface area contributed by atoms with Crippen LogP contribution in [0.25, 0.3) is 0 Å². The van der Waals surface area contributed by atoms with E-state index in [4.69, 9.17) is 23.2 Å². The summed E-state index contributed by atoms with van der Waals surface area (Å²) < 4.78 is 0. The average molecular weight is 295 g/mol. The van der Waals surface area contributed by atoms with Gasteiger partial charge in [0.05, 0.1) is 0 Å². The summed E-state index contributed by atoms with van der Waals surface area (Å²) in [5.74, 6) is 0.103. The molecule has 1 aliphatic rings. The minimum Gasteiger partial charge on any atom is -0.295 e. The highest BCUT2D eigenvalue weighted by atomic mass is 35.5. The standard InChI is InChI=1S/C16H16Cl2O/c1-10-7-8-15(17)14(16(10)18)9-12-5-3-4-6-13(12)11(2)19/h5-8H,3-4,9H2,1-2H3. The van der Waals surface area contributed by atoms with E-state index in [0.717, 1.165) is 35.1 Å². The topological polar surface area (TPSA) is 17.1 Å². The third-order valence-electron chi connectivity index (χ3n) is 3.38. The van der Waals surface area contributed by atoms with E-state index in [1.54, 1.807) is 6.92 Å². The van der Waals surface area contributed by atoms with Gasteiger partial charge in [-0.15, -0.1) is 0 Å². The van der Waals surface area contributed by atoms with Crippen LogP contribution in [0.4, 0.5) is 0 Å². The highest BCUT2D eigenvalue weighted by molar-refractivity contribution is 6.36. The van der Waals surface area contributed by atoms with E-state index in [1.165, 1.54) is 0 Å². The summed E-state index contributed by atoms with van der Waals surface area (Å²) in [6, 6.07) is 3.77. The summed E-state index contributed by atoms with van der Waals surface area (Å²) in [5, 5.41) is 1.35. The predicted molar refractivity (Wildman–Crippen MR) is 81.0 cm³/mol. The summed E-state index contributed by atoms with van der Waals surface area (Å²) in [7, 11) is 0. The molecule has 0 fully saturated rings. The lowest BCUT2D eigenvalue weighted by molar-refractivity contribution is -0.113. The highest BCUT2D eigenvalue weighted by Crippen LogP contribution is 2.32. The van der Waals surface area contributed by atoms with Crippen molar-refractivity contribution in [1.82, 2.24) is 0 Å². The molecule has 0 spiro atoms. The van der Waals surface area contributed by atoms with Gasteiger partial charge >= 0.3 is 0 Å². The number of Topliss-reactive ketones (excluding diaryl/α,β-unsaturated/α-hetero) is 1. The van der Waals surface area contributed by atoms with Crippen LogP contribution >= 0.6 is 23.2 Å². The fourth-order valence-electron chi connectivity index (χ4n) is 2.33. The van der Waals surface area contributed by atoms with E-state index >= 15 is 0 Å². The van der Waals surface area contributed by atoms with Crippen molar-refractivity contribution in [2.45, 2.75) is 33.1 Å². The molecule has 0 bridgehead atoms. The minimum absolute atomic E-state index is 0.103. The van der Waals surface area contributed by atoms with Crippen molar-refractivity contribution in [3.05, 3.63) is 56.6 Å². The lowest BCUT2D eigenvalue weighted by Gasteiger charge is -2.16. The first kappa shape index (κ1) is 14.4. The predicted octanol–water partition coefficient (Wildman–Crippen LogP) is 5.08. The van der Waals surface area contributed by atoms with E-state index in [9.17, 15) is 4.79 Å². The number of allylic oxidation sites excluding steroid dienone is 4. The normalized spacial score (nSPS) is 14.9. The Balaban J connectivity index is 2.36. The molecular weight excluding hydrogens is 279 g/mol. The van der Waals surface area contributed by atoms with Crippen LogP contribution in [0.15, 0.2) is 35.4 Å². The number of hydrogen-bond acceptors (Lipinski definition) is 1. The molecule has 0 N–H and O–H groups in total. The van der Waals surface area contributed by atoms with Gasteiger partial charge in [0, 0.05) is 22.0 Å². The minimum atomic E-state index is 0.103. The number of aryl methyl sites for hydroxylation is 1. The summed E-state index contributed by atoms with van der Waals surface area (Å²) >= 11 is 12.6. The van der Waals surface area contributed by atoms with Crippen molar-refractivity contribution >= 4 is 29.0 Å². The molecule has 19 heavy (non-hydrogen) atoms. The fourth-order valence-corrected chi connectivity index (χ4v) is 2.84. The Bertz CT molecular complexity index is 583. The number of carbonyl (C=O) groups excluding carboxylic acids is 1. The first-order valence-electron chi connectivity index (χ1n) is 6.34. The number of carbonyl (C=O) groups is 1. The van der Waals surface area contributed by atoms with E-state index in [-0.39, 0.29) is 5.78 Å². The smallest absolute Gasteiger partial charge is 0.159 e. The van der Waals surface area contributed by atoms with Crippen LogP contribution in [0, 0.1) is 6.92 Å². The lowest BCUT2D eigenvalue weighted by Crippen LogP contribution is -2.07. The first-order chi connectivity index (χ1) is 9.00. The number of ketones is 1. The maximum atomic E-state index is 11.7. The molecule has 0 heterocycles. The molecule has 0 aliphatic heterocycles. The van der Waals surface area contributed by atoms with Gasteiger partial charge in [-0.3, -0.25) is 4.79 Å². The molecule has 0 atom stereocenters. The van der Waals surface area contributed by atoms with E-state index < -0.39 is 0 Å². The molecule has 1 nitrogen and oxygen atoms in total. The van der Waals surface area contributed by atoms with Crippen LogP contribution < -0.4 is 0 Å². The molecule has 1 aromatic carbocycles. The van der Waals surface area contributed by atoms with Crippen molar-refractivity contribution in [2.75, 3.05) is 0 Å². The summed E-state index contributed by atoms with van der Waals surface area (Å²) in [6.07, 6.45) is 6.63. The van der Waals surface area contributed by atoms with Crippen molar-refractivity contribution in [3.63, 3.8) is 0 Å². The molecule has 0 saturated heterocycles. The van der Waals surface area contributed by atoms with Gasteiger partial charge in [-0.2, -0.15) is 0 Å². The van der Waals surface area contributed by atoms with E-state index in [0.29, 0.717) is 16.5 Å². The Hall–Kier alpha value is -1.05. The van der Waals surface area contributed by atoms with Gasteiger partial charge < -0.3 is 0 Å². The van der Waals surface area contributed by atoms with Gasteiger partial charge in [0.2, 0.25) is 0 Å². The summed E-state index contributed by atoms with van der Waals surface area (Å²) in [6.45, 7) is 3.56. The van der Waals surface area contributed by atoms with Crippen LogP contribution in [0.5, 0.6) is 0 Å². The molecule has 100 valence electrons. The Morgan fingerprint density at radius 3 is 2.58 bits per heavy atom. The van der Waals surface area contributed by atoms with Crippen LogP contribution in [0.1, 0.15) is 30.9 Å². The second-order valence-electron chi connectivity index (χ2n) is 4.81. The van der Waals surface area contributed by atoms with Crippen LogP contribution in [0.2, 0.25) is 10.0 Å². The molecule has 0 radical (unpaired) electrons. The molecule has 3 heteroatoms. The van der Waals surface area contributed by atoms with Gasteiger partial charge in [0.1, 0.15) is 0 Å². The quantitative estimate of drug-likeness (QED) is 0.760. The molecule has 0 saturated carbocycles. The summed E-state index contributed by atoms with van der Waals surface area (Å²) in [5.41, 5.74) is 3.75. The van der Waals surface area contributed by atoms with Gasteiger partial charge in [0.25, 0.3) is 0 Å². The molecule has 1 aromatic rings. The Morgan fingerprint density at radius 2 is 1.89 bits per heavy atom. The Labute approximate surface area is 123 Å². The highest BCUT2D eigenvalue weighted by Gasteiger charge is 2.17. The molecule has 2 rings (SSSR count). The van der Waals surface area contributed by atoms with Crippen molar-refractivity contribution in [3.8, 4) is 0 Å². The zero-order valence-corrected chi connectivity index (χ0v) is 12.6. The second-order valence-corrected chi connectivity index (χ2v) is 5.60. The number of halogens is 2. The van der Waals surface area contributed by atoms with Crippen molar-refractivity contribution in [2.24, 2.45) is 0 Å². The van der Waals surface area contributed by atoms with Crippen molar-refractivity contribution in [1.29, 1.82) is 0 Å². The number of benzene rings is 1.